The minimum absolute atomic E-state index is 0.139. The zero-order valence-corrected chi connectivity index (χ0v) is 13.0. The number of aromatic nitrogens is 1. The molecule has 3 rings (SSSR count). The lowest BCUT2D eigenvalue weighted by molar-refractivity contribution is 0.102. The zero-order chi connectivity index (χ0) is 16.6. The molecule has 2 aromatic rings. The third-order valence-corrected chi connectivity index (χ3v) is 3.84. The molecule has 0 spiro atoms. The van der Waals surface area contributed by atoms with Crippen LogP contribution in [-0.2, 0) is 6.42 Å². The van der Waals surface area contributed by atoms with Gasteiger partial charge in [0, 0.05) is 19.9 Å². The van der Waals surface area contributed by atoms with E-state index < -0.39 is 5.78 Å². The van der Waals surface area contributed by atoms with E-state index in [2.05, 4.69) is 10.3 Å². The van der Waals surface area contributed by atoms with E-state index in [0.29, 0.717) is 18.1 Å². The first kappa shape index (κ1) is 15.4. The molecule has 0 fully saturated rings. The summed E-state index contributed by atoms with van der Waals surface area (Å²) in [6.45, 7) is 1.79. The molecule has 5 nitrogen and oxygen atoms in total. The van der Waals surface area contributed by atoms with Crippen molar-refractivity contribution in [1.82, 2.24) is 10.3 Å². The van der Waals surface area contributed by atoms with E-state index in [-0.39, 0.29) is 34.4 Å². The lowest BCUT2D eigenvalue weighted by Crippen LogP contribution is -2.16. The van der Waals surface area contributed by atoms with Gasteiger partial charge < -0.3 is 14.8 Å². The predicted octanol–water partition coefficient (Wildman–Crippen LogP) is 2.64. The summed E-state index contributed by atoms with van der Waals surface area (Å²) in [6.07, 6.45) is 0.300. The minimum Gasteiger partial charge on any atom is -0.504 e. The highest BCUT2D eigenvalue weighted by Gasteiger charge is 2.29. The average Bonchev–Trinajstić information content (AvgIpc) is 3.05. The summed E-state index contributed by atoms with van der Waals surface area (Å²) in [7, 11) is 0. The van der Waals surface area contributed by atoms with E-state index in [4.69, 9.17) is 16.6 Å². The summed E-state index contributed by atoms with van der Waals surface area (Å²) >= 11 is 4.89. The molecule has 2 heterocycles. The van der Waals surface area contributed by atoms with Gasteiger partial charge in [-0.05, 0) is 17.7 Å². The van der Waals surface area contributed by atoms with E-state index in [9.17, 15) is 14.3 Å². The van der Waals surface area contributed by atoms with Gasteiger partial charge in [-0.15, -0.1) is 0 Å². The Morgan fingerprint density at radius 1 is 1.43 bits per heavy atom. The molecule has 0 amide bonds. The van der Waals surface area contributed by atoms with Crippen molar-refractivity contribution < 1.29 is 18.7 Å². The quantitative estimate of drug-likeness (QED) is 0.662. The maximum absolute atomic E-state index is 13.0. The molecule has 0 bridgehead atoms. The summed E-state index contributed by atoms with van der Waals surface area (Å²) in [5, 5.41) is 12.6. The molecule has 0 unspecified atom stereocenters. The molecule has 1 aliphatic heterocycles. The second kappa shape index (κ2) is 5.92. The van der Waals surface area contributed by atoms with Crippen LogP contribution < -0.4 is 5.32 Å². The van der Waals surface area contributed by atoms with Crippen LogP contribution in [0.3, 0.4) is 0 Å². The van der Waals surface area contributed by atoms with Gasteiger partial charge in [0.05, 0.1) is 5.57 Å². The van der Waals surface area contributed by atoms with Crippen molar-refractivity contribution in [2.24, 2.45) is 0 Å². The number of carbonyl (C=O) groups excluding carboxylic acids is 1. The highest BCUT2D eigenvalue weighted by molar-refractivity contribution is 7.80. The Morgan fingerprint density at radius 3 is 2.74 bits per heavy atom. The van der Waals surface area contributed by atoms with Crippen LogP contribution in [0.5, 0.6) is 0 Å². The topological polar surface area (TPSA) is 75.4 Å². The van der Waals surface area contributed by atoms with Gasteiger partial charge in [-0.1, -0.05) is 24.4 Å². The van der Waals surface area contributed by atoms with Crippen LogP contribution in [0.1, 0.15) is 27.7 Å². The summed E-state index contributed by atoms with van der Waals surface area (Å²) in [6, 6.07) is 5.91. The number of rotatable bonds is 4. The van der Waals surface area contributed by atoms with Crippen molar-refractivity contribution in [3.05, 3.63) is 64.3 Å². The summed E-state index contributed by atoms with van der Waals surface area (Å²) in [4.78, 5) is 16.9. The Labute approximate surface area is 136 Å². The number of ketones is 1. The fraction of sp³-hybridized carbons (Fsp3) is 0.188. The number of halogens is 1. The fourth-order valence-corrected chi connectivity index (χ4v) is 2.55. The van der Waals surface area contributed by atoms with Crippen molar-refractivity contribution in [3.8, 4) is 0 Å². The number of nitrogens with one attached hydrogen (secondary N) is 1. The number of aliphatic hydroxyl groups excluding tert-OH is 1. The minimum atomic E-state index is -0.427. The smallest absolute Gasteiger partial charge is 0.216 e. The number of aliphatic hydroxyl groups is 1. The van der Waals surface area contributed by atoms with Crippen LogP contribution in [0.4, 0.5) is 4.39 Å². The van der Waals surface area contributed by atoms with E-state index in [0.717, 1.165) is 5.56 Å². The van der Waals surface area contributed by atoms with Gasteiger partial charge in [0.25, 0.3) is 0 Å². The van der Waals surface area contributed by atoms with Crippen molar-refractivity contribution in [1.29, 1.82) is 0 Å². The SMILES string of the molecule is Cc1nc(C(=O)C2=C(O)C(=S)NC2)c(Cc2ccc(F)cc2)o1. The predicted molar refractivity (Wildman–Crippen MR) is 85.0 cm³/mol. The molecule has 0 saturated carbocycles. The second-order valence-electron chi connectivity index (χ2n) is 5.15. The second-order valence-corrected chi connectivity index (χ2v) is 5.56. The van der Waals surface area contributed by atoms with E-state index >= 15 is 0 Å². The average molecular weight is 332 g/mol. The Morgan fingerprint density at radius 2 is 2.13 bits per heavy atom. The molecule has 1 aromatic heterocycles. The zero-order valence-electron chi connectivity index (χ0n) is 12.2. The number of hydrogen-bond acceptors (Lipinski definition) is 5. The molecule has 2 N–H and O–H groups in total. The van der Waals surface area contributed by atoms with Gasteiger partial charge in [0.1, 0.15) is 16.6 Å². The van der Waals surface area contributed by atoms with Crippen LogP contribution in [0.25, 0.3) is 0 Å². The summed E-state index contributed by atoms with van der Waals surface area (Å²) in [5.74, 6) is -0.266. The van der Waals surface area contributed by atoms with Crippen molar-refractivity contribution in [2.75, 3.05) is 6.54 Å². The third-order valence-electron chi connectivity index (χ3n) is 3.50. The molecular formula is C16H13FN2O3S. The van der Waals surface area contributed by atoms with E-state index in [1.165, 1.54) is 12.1 Å². The number of nitrogens with zero attached hydrogens (tertiary/aromatic N) is 1. The van der Waals surface area contributed by atoms with Crippen molar-refractivity contribution in [3.63, 3.8) is 0 Å². The highest BCUT2D eigenvalue weighted by Crippen LogP contribution is 2.22. The largest absolute Gasteiger partial charge is 0.504 e. The maximum Gasteiger partial charge on any atom is 0.216 e. The standard InChI is InChI=1S/C16H13FN2O3S/c1-8-19-13(14(20)11-7-18-16(23)15(11)21)12(22-8)6-9-2-4-10(17)5-3-9/h2-5,21H,6-7H2,1H3,(H,18,23). The Kier molecular flexibility index (Phi) is 3.96. The molecule has 0 saturated heterocycles. The lowest BCUT2D eigenvalue weighted by Gasteiger charge is -2.02. The molecule has 0 radical (unpaired) electrons. The monoisotopic (exact) mass is 332 g/mol. The number of aryl methyl sites for hydroxylation is 1. The molecule has 0 atom stereocenters. The Bertz CT molecular complexity index is 824. The van der Waals surface area contributed by atoms with Crippen LogP contribution in [0, 0.1) is 12.7 Å². The molecule has 1 aliphatic rings. The third kappa shape index (κ3) is 3.00. The van der Waals surface area contributed by atoms with Crippen molar-refractivity contribution >= 4 is 23.0 Å². The van der Waals surface area contributed by atoms with Gasteiger partial charge in [0.15, 0.2) is 17.3 Å². The maximum atomic E-state index is 13.0. The van der Waals surface area contributed by atoms with Crippen LogP contribution >= 0.6 is 12.2 Å². The first-order chi connectivity index (χ1) is 11.0. The van der Waals surface area contributed by atoms with Gasteiger partial charge in [-0.2, -0.15) is 0 Å². The van der Waals surface area contributed by atoms with Crippen LogP contribution in [-0.4, -0.2) is 27.4 Å². The normalized spacial score (nSPS) is 14.3. The fourth-order valence-electron chi connectivity index (χ4n) is 2.36. The van der Waals surface area contributed by atoms with Gasteiger partial charge >= 0.3 is 0 Å². The lowest BCUT2D eigenvalue weighted by atomic mass is 10.0. The summed E-state index contributed by atoms with van der Waals surface area (Å²) in [5.41, 5.74) is 1.10. The van der Waals surface area contributed by atoms with Crippen molar-refractivity contribution in [2.45, 2.75) is 13.3 Å². The molecule has 1 aromatic carbocycles. The Hall–Kier alpha value is -2.54. The molecular weight excluding hydrogens is 319 g/mol. The van der Waals surface area contributed by atoms with Crippen LogP contribution in [0.15, 0.2) is 40.0 Å². The molecule has 118 valence electrons. The number of benzene rings is 1. The first-order valence-corrected chi connectivity index (χ1v) is 7.32. The number of hydrogen-bond donors (Lipinski definition) is 2. The van der Waals surface area contributed by atoms with Gasteiger partial charge in [0.2, 0.25) is 5.78 Å². The van der Waals surface area contributed by atoms with Gasteiger partial charge in [-0.25, -0.2) is 9.37 Å². The first-order valence-electron chi connectivity index (χ1n) is 6.91. The van der Waals surface area contributed by atoms with E-state index in [1.807, 2.05) is 0 Å². The highest BCUT2D eigenvalue weighted by atomic mass is 32.1. The number of oxazole rings is 1. The number of thiocarbonyl (C=S) groups is 1. The number of Topliss-reactive ketones (excluding diaryl/α,β-unsaturated/α-hetero) is 1. The van der Waals surface area contributed by atoms with E-state index in [1.54, 1.807) is 19.1 Å². The molecule has 7 heteroatoms. The van der Waals surface area contributed by atoms with Gasteiger partial charge in [-0.3, -0.25) is 4.79 Å². The molecule has 23 heavy (non-hydrogen) atoms. The molecule has 0 aliphatic carbocycles. The van der Waals surface area contributed by atoms with Crippen LogP contribution in [0.2, 0.25) is 0 Å². The Balaban J connectivity index is 1.93. The number of carbonyl (C=O) groups is 1. The summed E-state index contributed by atoms with van der Waals surface area (Å²) < 4.78 is 18.5.